The number of carbonyl (C=O) groups excluding carboxylic acids is 2. The predicted octanol–water partition coefficient (Wildman–Crippen LogP) is -0.196. The van der Waals surface area contributed by atoms with Crippen LogP contribution in [0.4, 0.5) is 0 Å². The van der Waals surface area contributed by atoms with Gasteiger partial charge in [0.15, 0.2) is 5.78 Å². The fourth-order valence-corrected chi connectivity index (χ4v) is 1.32. The predicted molar refractivity (Wildman–Crippen MR) is 42.8 cm³/mol. The number of dihydropyridines is 1. The lowest BCUT2D eigenvalue weighted by atomic mass is 10.0. The second kappa shape index (κ2) is 2.55. The second-order valence-electron chi connectivity index (χ2n) is 2.85. The Morgan fingerprint density at radius 1 is 1.33 bits per heavy atom. The Morgan fingerprint density at radius 3 is 3.00 bits per heavy atom. The summed E-state index contributed by atoms with van der Waals surface area (Å²) >= 11 is 0. The molecule has 1 amide bonds. The molecule has 1 N–H and O–H groups in total. The van der Waals surface area contributed by atoms with Crippen molar-refractivity contribution < 1.29 is 9.59 Å². The maximum Gasteiger partial charge on any atom is 0.225 e. The van der Waals surface area contributed by atoms with Crippen LogP contribution < -0.4 is 5.32 Å². The van der Waals surface area contributed by atoms with E-state index in [1.54, 1.807) is 6.08 Å². The SMILES string of the molecule is O=C1C=C2CCC(=O)NC2=NC1. The van der Waals surface area contributed by atoms with Gasteiger partial charge < -0.3 is 5.32 Å². The highest BCUT2D eigenvalue weighted by molar-refractivity contribution is 6.15. The van der Waals surface area contributed by atoms with Crippen molar-refractivity contribution in [1.82, 2.24) is 5.32 Å². The van der Waals surface area contributed by atoms with Gasteiger partial charge in [0, 0.05) is 6.42 Å². The molecule has 12 heavy (non-hydrogen) atoms. The molecule has 0 aromatic heterocycles. The van der Waals surface area contributed by atoms with Gasteiger partial charge in [0.05, 0.1) is 0 Å². The molecule has 2 heterocycles. The lowest BCUT2D eigenvalue weighted by Crippen LogP contribution is -2.38. The Hall–Kier alpha value is -1.45. The van der Waals surface area contributed by atoms with Crippen LogP contribution >= 0.6 is 0 Å². The first kappa shape index (κ1) is 7.21. The van der Waals surface area contributed by atoms with E-state index in [2.05, 4.69) is 10.3 Å². The quantitative estimate of drug-likeness (QED) is 0.539. The van der Waals surface area contributed by atoms with E-state index in [0.29, 0.717) is 18.7 Å². The summed E-state index contributed by atoms with van der Waals surface area (Å²) in [5.41, 5.74) is 0.867. The number of aliphatic imine (C=N–C) groups is 1. The summed E-state index contributed by atoms with van der Waals surface area (Å²) in [5, 5.41) is 2.63. The minimum Gasteiger partial charge on any atom is -0.311 e. The molecule has 1 saturated heterocycles. The molecule has 0 aliphatic carbocycles. The first-order valence-electron chi connectivity index (χ1n) is 3.84. The van der Waals surface area contributed by atoms with Crippen LogP contribution in [0.3, 0.4) is 0 Å². The van der Waals surface area contributed by atoms with Crippen LogP contribution in [0.15, 0.2) is 16.6 Å². The van der Waals surface area contributed by atoms with Crippen molar-refractivity contribution in [3.63, 3.8) is 0 Å². The highest BCUT2D eigenvalue weighted by atomic mass is 16.1. The number of nitrogens with one attached hydrogen (secondary N) is 1. The van der Waals surface area contributed by atoms with Crippen LogP contribution in [0.25, 0.3) is 0 Å². The number of hydrogen-bond acceptors (Lipinski definition) is 3. The number of rotatable bonds is 0. The third-order valence-corrected chi connectivity index (χ3v) is 1.91. The molecule has 4 heteroatoms. The molecule has 0 aromatic rings. The van der Waals surface area contributed by atoms with Crippen molar-refractivity contribution in [1.29, 1.82) is 0 Å². The minimum atomic E-state index is -0.0137. The van der Waals surface area contributed by atoms with Gasteiger partial charge in [0.25, 0.3) is 0 Å². The van der Waals surface area contributed by atoms with Crippen molar-refractivity contribution in [2.24, 2.45) is 4.99 Å². The number of ketones is 1. The van der Waals surface area contributed by atoms with Gasteiger partial charge >= 0.3 is 0 Å². The van der Waals surface area contributed by atoms with E-state index in [9.17, 15) is 9.59 Å². The number of amidine groups is 1. The van der Waals surface area contributed by atoms with E-state index in [0.717, 1.165) is 5.57 Å². The van der Waals surface area contributed by atoms with Gasteiger partial charge in [-0.1, -0.05) is 0 Å². The zero-order valence-corrected chi connectivity index (χ0v) is 6.46. The Bertz CT molecular complexity index is 315. The van der Waals surface area contributed by atoms with Gasteiger partial charge in [-0.05, 0) is 18.1 Å². The molecule has 0 unspecified atom stereocenters. The zero-order chi connectivity index (χ0) is 8.55. The normalized spacial score (nSPS) is 22.3. The highest BCUT2D eigenvalue weighted by Gasteiger charge is 2.21. The van der Waals surface area contributed by atoms with E-state index >= 15 is 0 Å². The van der Waals surface area contributed by atoms with Gasteiger partial charge in [-0.2, -0.15) is 0 Å². The molecule has 0 atom stereocenters. The standard InChI is InChI=1S/C8H8N2O2/c11-6-3-5-1-2-7(12)10-8(5)9-4-6/h3H,1-2,4H2,(H,9,10,12). The van der Waals surface area contributed by atoms with Crippen molar-refractivity contribution in [2.45, 2.75) is 12.8 Å². The zero-order valence-electron chi connectivity index (χ0n) is 6.46. The van der Waals surface area contributed by atoms with Gasteiger partial charge in [0.1, 0.15) is 12.4 Å². The van der Waals surface area contributed by atoms with E-state index in [-0.39, 0.29) is 18.2 Å². The Morgan fingerprint density at radius 2 is 2.17 bits per heavy atom. The molecule has 1 fully saturated rings. The maximum absolute atomic E-state index is 10.9. The summed E-state index contributed by atoms with van der Waals surface area (Å²) in [6, 6.07) is 0. The van der Waals surface area contributed by atoms with Gasteiger partial charge in [-0.15, -0.1) is 0 Å². The molecular weight excluding hydrogens is 156 g/mol. The van der Waals surface area contributed by atoms with E-state index < -0.39 is 0 Å². The lowest BCUT2D eigenvalue weighted by molar-refractivity contribution is -0.120. The summed E-state index contributed by atoms with van der Waals surface area (Å²) in [6.07, 6.45) is 2.66. The molecule has 62 valence electrons. The van der Waals surface area contributed by atoms with Crippen LogP contribution in [0.2, 0.25) is 0 Å². The molecule has 0 radical (unpaired) electrons. The number of hydrogen-bond donors (Lipinski definition) is 1. The molecule has 0 bridgehead atoms. The Labute approximate surface area is 69.4 Å². The second-order valence-corrected chi connectivity index (χ2v) is 2.85. The fourth-order valence-electron chi connectivity index (χ4n) is 1.32. The summed E-state index contributed by atoms with van der Waals surface area (Å²) in [4.78, 5) is 25.7. The monoisotopic (exact) mass is 164 g/mol. The topological polar surface area (TPSA) is 58.5 Å². The summed E-state index contributed by atoms with van der Waals surface area (Å²) in [6.45, 7) is 0.166. The van der Waals surface area contributed by atoms with Crippen molar-refractivity contribution >= 4 is 17.5 Å². The van der Waals surface area contributed by atoms with Crippen LogP contribution in [0.5, 0.6) is 0 Å². The number of nitrogens with zero attached hydrogens (tertiary/aromatic N) is 1. The average molecular weight is 164 g/mol. The molecule has 0 spiro atoms. The van der Waals surface area contributed by atoms with Gasteiger partial charge in [-0.25, -0.2) is 0 Å². The number of piperidine rings is 1. The Kier molecular flexibility index (Phi) is 1.53. The van der Waals surface area contributed by atoms with Crippen molar-refractivity contribution in [2.75, 3.05) is 6.54 Å². The smallest absolute Gasteiger partial charge is 0.225 e. The first-order chi connectivity index (χ1) is 5.75. The van der Waals surface area contributed by atoms with Crippen LogP contribution in [0.1, 0.15) is 12.8 Å². The third-order valence-electron chi connectivity index (χ3n) is 1.91. The van der Waals surface area contributed by atoms with Gasteiger partial charge in [-0.3, -0.25) is 14.6 Å². The van der Waals surface area contributed by atoms with Crippen LogP contribution in [-0.2, 0) is 9.59 Å². The van der Waals surface area contributed by atoms with E-state index in [1.807, 2.05) is 0 Å². The molecule has 2 aliphatic rings. The summed E-state index contributed by atoms with van der Waals surface area (Å²) in [5.74, 6) is 0.594. The van der Waals surface area contributed by atoms with Gasteiger partial charge in [0.2, 0.25) is 5.91 Å². The lowest BCUT2D eigenvalue weighted by Gasteiger charge is -2.19. The van der Waals surface area contributed by atoms with E-state index in [1.165, 1.54) is 0 Å². The third kappa shape index (κ3) is 1.15. The van der Waals surface area contributed by atoms with Crippen molar-refractivity contribution in [3.8, 4) is 0 Å². The maximum atomic E-state index is 10.9. The summed E-state index contributed by atoms with van der Waals surface area (Å²) in [7, 11) is 0. The molecule has 0 saturated carbocycles. The number of amides is 1. The van der Waals surface area contributed by atoms with Crippen LogP contribution in [0, 0.1) is 0 Å². The Balaban J connectivity index is 2.27. The average Bonchev–Trinajstić information content (AvgIpc) is 2.05. The van der Waals surface area contributed by atoms with Crippen LogP contribution in [-0.4, -0.2) is 24.1 Å². The summed E-state index contributed by atoms with van der Waals surface area (Å²) < 4.78 is 0. The molecule has 0 aromatic carbocycles. The molecular formula is C8H8N2O2. The largest absolute Gasteiger partial charge is 0.311 e. The fraction of sp³-hybridized carbons (Fsp3) is 0.375. The minimum absolute atomic E-state index is 0.0137. The number of fused-ring (bicyclic) bond motifs is 1. The first-order valence-corrected chi connectivity index (χ1v) is 3.84. The molecule has 4 nitrogen and oxygen atoms in total. The number of carbonyl (C=O) groups is 2. The molecule has 2 rings (SSSR count). The highest BCUT2D eigenvalue weighted by Crippen LogP contribution is 2.14. The van der Waals surface area contributed by atoms with Crippen molar-refractivity contribution in [3.05, 3.63) is 11.6 Å². The van der Waals surface area contributed by atoms with E-state index in [4.69, 9.17) is 0 Å². The molecule has 2 aliphatic heterocycles.